The molecule has 0 spiro atoms. The van der Waals surface area contributed by atoms with Gasteiger partial charge in [-0.25, -0.2) is 9.37 Å². The summed E-state index contributed by atoms with van der Waals surface area (Å²) >= 11 is 0. The fraction of sp³-hybridized carbons (Fsp3) is 0.441. The molecule has 10 nitrogen and oxygen atoms in total. The van der Waals surface area contributed by atoms with Gasteiger partial charge in [0.1, 0.15) is 11.4 Å². The smallest absolute Gasteiger partial charge is 0.261 e. The number of carbonyl (C=O) groups excluding carboxylic acids is 1. The Morgan fingerprint density at radius 2 is 1.84 bits per heavy atom. The van der Waals surface area contributed by atoms with Crippen LogP contribution in [0, 0.1) is 5.82 Å². The quantitative estimate of drug-likeness (QED) is 0.249. The van der Waals surface area contributed by atoms with E-state index in [0.717, 1.165) is 50.2 Å². The van der Waals surface area contributed by atoms with Crippen molar-refractivity contribution in [3.8, 4) is 17.0 Å². The number of imidazole rings is 1. The first-order valence-corrected chi connectivity index (χ1v) is 15.4. The van der Waals surface area contributed by atoms with Gasteiger partial charge in [-0.05, 0) is 84.2 Å². The maximum atomic E-state index is 15.8. The summed E-state index contributed by atoms with van der Waals surface area (Å²) in [7, 11) is 7.91. The normalized spacial score (nSPS) is 14.5. The third-order valence-corrected chi connectivity index (χ3v) is 8.35. The molecule has 0 radical (unpaired) electrons. The minimum Gasteiger partial charge on any atom is -0.496 e. The highest BCUT2D eigenvalue weighted by atomic mass is 19.1. The van der Waals surface area contributed by atoms with Gasteiger partial charge in [0.25, 0.3) is 5.91 Å². The number of hydrogen-bond acceptors (Lipinski definition) is 8. The maximum Gasteiger partial charge on any atom is 0.261 e. The first kappa shape index (κ1) is 32.3. The Labute approximate surface area is 264 Å². The number of carbonyl (C=O) groups is 1. The number of halogens is 1. The number of likely N-dealkylation sites (N-methyl/N-ethyl adjacent to an activating group) is 2. The van der Waals surface area contributed by atoms with Crippen LogP contribution in [-0.4, -0.2) is 101 Å². The lowest BCUT2D eigenvalue weighted by atomic mass is 10.0. The Morgan fingerprint density at radius 1 is 1.11 bits per heavy atom. The van der Waals surface area contributed by atoms with Crippen LogP contribution in [-0.2, 0) is 6.54 Å². The second kappa shape index (κ2) is 13.5. The SMILES string of the molecule is COc1ccccc1-c1nccc(C(=O)Nc2nc3ccc(N4CCC(N(C)CCN(C)C)CC4)cc3n2CC(C)(C)O)c1F. The van der Waals surface area contributed by atoms with E-state index in [2.05, 4.69) is 57.2 Å². The molecule has 0 aliphatic carbocycles. The molecule has 0 bridgehead atoms. The van der Waals surface area contributed by atoms with Gasteiger partial charge in [-0.2, -0.15) is 0 Å². The number of nitrogens with zero attached hydrogens (tertiary/aromatic N) is 6. The van der Waals surface area contributed by atoms with Gasteiger partial charge >= 0.3 is 0 Å². The van der Waals surface area contributed by atoms with Crippen LogP contribution in [0.1, 0.15) is 37.0 Å². The number of rotatable bonds is 11. The summed E-state index contributed by atoms with van der Waals surface area (Å²) in [5.41, 5.74) is 1.69. The minimum atomic E-state index is -1.10. The molecular weight excluding hydrogens is 573 g/mol. The zero-order chi connectivity index (χ0) is 32.3. The second-order valence-electron chi connectivity index (χ2n) is 12.7. The molecule has 3 heterocycles. The van der Waals surface area contributed by atoms with Crippen LogP contribution in [0.3, 0.4) is 0 Å². The highest BCUT2D eigenvalue weighted by Crippen LogP contribution is 2.32. The van der Waals surface area contributed by atoms with Crippen LogP contribution in [0.15, 0.2) is 54.7 Å². The molecule has 1 aliphatic heterocycles. The Bertz CT molecular complexity index is 1640. The van der Waals surface area contributed by atoms with E-state index in [1.807, 2.05) is 12.1 Å². The number of methoxy groups -OCH3 is 1. The average Bonchev–Trinajstić information content (AvgIpc) is 3.34. The van der Waals surface area contributed by atoms with Crippen molar-refractivity contribution >= 4 is 28.6 Å². The average molecular weight is 618 g/mol. The van der Waals surface area contributed by atoms with Crippen molar-refractivity contribution in [2.45, 2.75) is 44.9 Å². The number of anilines is 2. The Balaban J connectivity index is 1.40. The van der Waals surface area contributed by atoms with Crippen molar-refractivity contribution in [1.29, 1.82) is 0 Å². The van der Waals surface area contributed by atoms with E-state index in [1.165, 1.54) is 19.4 Å². The van der Waals surface area contributed by atoms with Gasteiger partial charge < -0.3 is 29.1 Å². The molecule has 5 rings (SSSR count). The Morgan fingerprint density at radius 3 is 2.53 bits per heavy atom. The third-order valence-electron chi connectivity index (χ3n) is 8.35. The summed E-state index contributed by atoms with van der Waals surface area (Å²) in [5.74, 6) is -0.753. The number of hydrogen-bond donors (Lipinski definition) is 2. The van der Waals surface area contributed by atoms with Crippen LogP contribution in [0.2, 0.25) is 0 Å². The molecule has 0 unspecified atom stereocenters. The number of ether oxygens (including phenoxy) is 1. The van der Waals surface area contributed by atoms with E-state index in [1.54, 1.807) is 42.7 Å². The maximum absolute atomic E-state index is 15.8. The number of pyridine rings is 1. The predicted molar refractivity (Wildman–Crippen MR) is 177 cm³/mol. The van der Waals surface area contributed by atoms with Gasteiger partial charge in [-0.3, -0.25) is 15.1 Å². The Kier molecular flexibility index (Phi) is 9.71. The molecule has 1 aliphatic rings. The second-order valence-corrected chi connectivity index (χ2v) is 12.7. The van der Waals surface area contributed by atoms with E-state index in [0.29, 0.717) is 22.9 Å². The molecule has 2 aromatic carbocycles. The highest BCUT2D eigenvalue weighted by molar-refractivity contribution is 6.05. The van der Waals surface area contributed by atoms with Gasteiger partial charge in [0.2, 0.25) is 5.95 Å². The van der Waals surface area contributed by atoms with Crippen molar-refractivity contribution in [2.24, 2.45) is 0 Å². The first-order chi connectivity index (χ1) is 21.4. The van der Waals surface area contributed by atoms with E-state index >= 15 is 4.39 Å². The number of nitrogens with one attached hydrogen (secondary N) is 1. The van der Waals surface area contributed by atoms with Crippen molar-refractivity contribution in [1.82, 2.24) is 24.3 Å². The molecule has 0 saturated carbocycles. The number of aliphatic hydroxyl groups is 1. The van der Waals surface area contributed by atoms with Crippen molar-refractivity contribution < 1.29 is 19.0 Å². The van der Waals surface area contributed by atoms with Gasteiger partial charge in [0.05, 0.1) is 35.9 Å². The van der Waals surface area contributed by atoms with Crippen LogP contribution >= 0.6 is 0 Å². The van der Waals surface area contributed by atoms with Crippen molar-refractivity contribution in [3.63, 3.8) is 0 Å². The molecule has 45 heavy (non-hydrogen) atoms. The van der Waals surface area contributed by atoms with Gasteiger partial charge in [-0.15, -0.1) is 0 Å². The number of amides is 1. The lowest BCUT2D eigenvalue weighted by Gasteiger charge is -2.38. The van der Waals surface area contributed by atoms with Gasteiger partial charge in [0, 0.05) is 49.7 Å². The summed E-state index contributed by atoms with van der Waals surface area (Å²) in [6.07, 6.45) is 3.54. The number of piperidine rings is 1. The fourth-order valence-electron chi connectivity index (χ4n) is 5.87. The molecule has 2 aromatic heterocycles. The van der Waals surface area contributed by atoms with Crippen LogP contribution in [0.4, 0.5) is 16.0 Å². The predicted octanol–water partition coefficient (Wildman–Crippen LogP) is 4.73. The number of fused-ring (bicyclic) bond motifs is 1. The lowest BCUT2D eigenvalue weighted by molar-refractivity contribution is 0.0630. The Hall–Kier alpha value is -4.06. The van der Waals surface area contributed by atoms with E-state index in [4.69, 9.17) is 4.74 Å². The lowest BCUT2D eigenvalue weighted by Crippen LogP contribution is -2.45. The van der Waals surface area contributed by atoms with Gasteiger partial charge in [0.15, 0.2) is 5.82 Å². The summed E-state index contributed by atoms with van der Waals surface area (Å²) in [4.78, 5) is 29.4. The van der Waals surface area contributed by atoms with Crippen LogP contribution in [0.25, 0.3) is 22.3 Å². The van der Waals surface area contributed by atoms with E-state index in [-0.39, 0.29) is 23.8 Å². The summed E-state index contributed by atoms with van der Waals surface area (Å²) in [5, 5.41) is 13.6. The van der Waals surface area contributed by atoms with Crippen LogP contribution in [0.5, 0.6) is 5.75 Å². The van der Waals surface area contributed by atoms with E-state index in [9.17, 15) is 9.90 Å². The van der Waals surface area contributed by atoms with Crippen molar-refractivity contribution in [3.05, 3.63) is 66.1 Å². The number of benzene rings is 2. The highest BCUT2D eigenvalue weighted by Gasteiger charge is 2.26. The molecule has 1 fully saturated rings. The molecule has 2 N–H and O–H groups in total. The standard InChI is InChI=1S/C34H44FN7O3/c1-34(2,44)22-42-28-21-24(41-17-14-23(15-18-41)40(5)20-19-39(3)4)11-12-27(28)37-33(42)38-32(43)26-13-16-36-31(30(26)35)25-9-7-8-10-29(25)45-6/h7-13,16,21,23,44H,14-15,17-20,22H2,1-6H3,(H,37,38,43). The third kappa shape index (κ3) is 7.43. The van der Waals surface area contributed by atoms with E-state index < -0.39 is 17.3 Å². The first-order valence-electron chi connectivity index (χ1n) is 15.4. The summed E-state index contributed by atoms with van der Waals surface area (Å²) in [6, 6.07) is 14.9. The molecule has 1 amide bonds. The topological polar surface area (TPSA) is 99.0 Å². The largest absolute Gasteiger partial charge is 0.496 e. The monoisotopic (exact) mass is 617 g/mol. The zero-order valence-electron chi connectivity index (χ0n) is 27.0. The molecule has 4 aromatic rings. The number of aromatic nitrogens is 3. The molecule has 0 atom stereocenters. The van der Waals surface area contributed by atoms with Crippen LogP contribution < -0.4 is 15.0 Å². The van der Waals surface area contributed by atoms with Crippen molar-refractivity contribution in [2.75, 3.05) is 64.6 Å². The molecule has 11 heteroatoms. The molecule has 240 valence electrons. The van der Waals surface area contributed by atoms with Gasteiger partial charge in [-0.1, -0.05) is 12.1 Å². The molecular formula is C34H44FN7O3. The molecule has 1 saturated heterocycles. The zero-order valence-corrected chi connectivity index (χ0v) is 27.0. The number of para-hydroxylation sites is 1. The minimum absolute atomic E-state index is 0.0161. The summed E-state index contributed by atoms with van der Waals surface area (Å²) in [6.45, 7) is 7.52. The fourth-order valence-corrected chi connectivity index (χ4v) is 5.87. The summed E-state index contributed by atoms with van der Waals surface area (Å²) < 4.78 is 22.9.